The van der Waals surface area contributed by atoms with Gasteiger partial charge in [0.1, 0.15) is 0 Å². The number of carbonyl (C=O) groups excluding carboxylic acids is 1. The second kappa shape index (κ2) is 8.18. The number of fused-ring (bicyclic) bond motifs is 1. The van der Waals surface area contributed by atoms with Crippen molar-refractivity contribution >= 4 is 11.6 Å². The van der Waals surface area contributed by atoms with Crippen molar-refractivity contribution in [3.63, 3.8) is 0 Å². The summed E-state index contributed by atoms with van der Waals surface area (Å²) in [7, 11) is 1.58. The van der Waals surface area contributed by atoms with Gasteiger partial charge in [0.2, 0.25) is 0 Å². The van der Waals surface area contributed by atoms with Gasteiger partial charge in [0.25, 0.3) is 5.91 Å². The highest BCUT2D eigenvalue weighted by Crippen LogP contribution is 2.39. The number of amides is 1. The molecule has 1 N–H and O–H groups in total. The van der Waals surface area contributed by atoms with Crippen LogP contribution >= 0.6 is 0 Å². The summed E-state index contributed by atoms with van der Waals surface area (Å²) in [5.41, 5.74) is 3.77. The molecule has 0 aliphatic heterocycles. The van der Waals surface area contributed by atoms with E-state index in [-0.39, 0.29) is 12.5 Å². The van der Waals surface area contributed by atoms with Crippen molar-refractivity contribution in [2.75, 3.05) is 13.7 Å². The van der Waals surface area contributed by atoms with Gasteiger partial charge < -0.3 is 9.47 Å². The fraction of sp³-hybridized carbons (Fsp3) is 0.579. The number of benzene rings is 1. The minimum Gasteiger partial charge on any atom is -0.493 e. The first kappa shape index (κ1) is 16.8. The van der Waals surface area contributed by atoms with Crippen LogP contribution in [0.15, 0.2) is 29.4 Å². The van der Waals surface area contributed by atoms with Crippen LogP contribution in [0.2, 0.25) is 0 Å². The summed E-state index contributed by atoms with van der Waals surface area (Å²) in [5.74, 6) is 2.59. The lowest BCUT2D eigenvalue weighted by Gasteiger charge is -2.35. The summed E-state index contributed by atoms with van der Waals surface area (Å²) in [6.45, 7) is -0.0663. The summed E-state index contributed by atoms with van der Waals surface area (Å²) < 4.78 is 10.7. The second-order valence-electron chi connectivity index (χ2n) is 6.70. The maximum absolute atomic E-state index is 12.0. The molecular formula is C19H26N2O3. The molecule has 2 saturated carbocycles. The van der Waals surface area contributed by atoms with Crippen molar-refractivity contribution in [2.45, 2.75) is 44.9 Å². The first-order valence-corrected chi connectivity index (χ1v) is 8.86. The van der Waals surface area contributed by atoms with Gasteiger partial charge in [0.15, 0.2) is 18.1 Å². The van der Waals surface area contributed by atoms with Gasteiger partial charge in [0.05, 0.1) is 7.11 Å². The van der Waals surface area contributed by atoms with Gasteiger partial charge in [-0.1, -0.05) is 31.4 Å². The molecule has 0 bridgehead atoms. The first-order valence-electron chi connectivity index (χ1n) is 8.86. The molecule has 130 valence electrons. The zero-order valence-electron chi connectivity index (χ0n) is 14.3. The summed E-state index contributed by atoms with van der Waals surface area (Å²) in [4.78, 5) is 12.0. The van der Waals surface area contributed by atoms with Gasteiger partial charge in [0, 0.05) is 5.71 Å². The third-order valence-corrected chi connectivity index (χ3v) is 5.13. The number of methoxy groups -OCH3 is 1. The lowest BCUT2D eigenvalue weighted by atomic mass is 9.70. The molecule has 1 aromatic rings. The van der Waals surface area contributed by atoms with Gasteiger partial charge in [-0.15, -0.1) is 0 Å². The molecule has 5 heteroatoms. The smallest absolute Gasteiger partial charge is 0.277 e. The predicted octanol–water partition coefficient (Wildman–Crippen LogP) is 3.54. The van der Waals surface area contributed by atoms with E-state index in [1.165, 1.54) is 32.1 Å². The molecule has 0 aromatic heterocycles. The molecule has 0 heterocycles. The second-order valence-corrected chi connectivity index (χ2v) is 6.70. The number of rotatable bonds is 5. The first-order chi connectivity index (χ1) is 11.8. The number of ether oxygens (including phenoxy) is 2. The zero-order valence-corrected chi connectivity index (χ0v) is 14.3. The molecule has 3 rings (SSSR count). The van der Waals surface area contributed by atoms with Crippen LogP contribution in [0.3, 0.4) is 0 Å². The third-order valence-electron chi connectivity index (χ3n) is 5.13. The van der Waals surface area contributed by atoms with E-state index in [2.05, 4.69) is 10.5 Å². The number of hydrazone groups is 1. The molecule has 0 unspecified atom stereocenters. The number of carbonyl (C=O) groups is 1. The molecule has 1 amide bonds. The quantitative estimate of drug-likeness (QED) is 0.840. The van der Waals surface area contributed by atoms with Gasteiger partial charge >= 0.3 is 0 Å². The molecule has 1 aromatic carbocycles. The van der Waals surface area contributed by atoms with Crippen LogP contribution in [-0.2, 0) is 4.79 Å². The highest BCUT2D eigenvalue weighted by atomic mass is 16.5. The molecular weight excluding hydrogens is 304 g/mol. The van der Waals surface area contributed by atoms with Crippen LogP contribution < -0.4 is 14.9 Å². The van der Waals surface area contributed by atoms with Gasteiger partial charge in [-0.2, -0.15) is 5.10 Å². The molecule has 2 aliphatic carbocycles. The van der Waals surface area contributed by atoms with E-state index >= 15 is 0 Å². The van der Waals surface area contributed by atoms with Crippen molar-refractivity contribution in [3.05, 3.63) is 24.3 Å². The van der Waals surface area contributed by atoms with E-state index in [1.54, 1.807) is 19.2 Å². The van der Waals surface area contributed by atoms with Crippen molar-refractivity contribution in [3.8, 4) is 11.5 Å². The fourth-order valence-electron chi connectivity index (χ4n) is 3.85. The molecule has 2 atom stereocenters. The summed E-state index contributed by atoms with van der Waals surface area (Å²) >= 11 is 0. The number of hydrogen-bond acceptors (Lipinski definition) is 4. The fourth-order valence-corrected chi connectivity index (χ4v) is 3.85. The number of nitrogens with one attached hydrogen (secondary N) is 1. The largest absolute Gasteiger partial charge is 0.493 e. The van der Waals surface area contributed by atoms with Crippen molar-refractivity contribution in [2.24, 2.45) is 16.9 Å². The zero-order chi connectivity index (χ0) is 16.8. The Morgan fingerprint density at radius 3 is 2.71 bits per heavy atom. The summed E-state index contributed by atoms with van der Waals surface area (Å²) in [5, 5.41) is 4.33. The van der Waals surface area contributed by atoms with Crippen LogP contribution in [0.25, 0.3) is 0 Å². The predicted molar refractivity (Wildman–Crippen MR) is 93.4 cm³/mol. The Morgan fingerprint density at radius 2 is 1.92 bits per heavy atom. The number of hydrogen-bond donors (Lipinski definition) is 1. The monoisotopic (exact) mass is 330 g/mol. The highest BCUT2D eigenvalue weighted by Gasteiger charge is 2.30. The van der Waals surface area contributed by atoms with Crippen LogP contribution in [0.1, 0.15) is 44.9 Å². The maximum atomic E-state index is 12.0. The molecule has 2 fully saturated rings. The Morgan fingerprint density at radius 1 is 1.17 bits per heavy atom. The normalized spacial score (nSPS) is 25.0. The average molecular weight is 330 g/mol. The van der Waals surface area contributed by atoms with E-state index in [0.29, 0.717) is 11.5 Å². The lowest BCUT2D eigenvalue weighted by molar-refractivity contribution is -0.123. The Labute approximate surface area is 143 Å². The Hall–Kier alpha value is -2.04. The van der Waals surface area contributed by atoms with Crippen LogP contribution in [0.4, 0.5) is 0 Å². The Bertz CT molecular complexity index is 600. The summed E-state index contributed by atoms with van der Waals surface area (Å²) in [6.07, 6.45) is 8.67. The third kappa shape index (κ3) is 4.28. The highest BCUT2D eigenvalue weighted by molar-refractivity contribution is 5.87. The van der Waals surface area contributed by atoms with Crippen molar-refractivity contribution in [1.82, 2.24) is 5.43 Å². The Balaban J connectivity index is 1.47. The number of para-hydroxylation sites is 2. The lowest BCUT2D eigenvalue weighted by Crippen LogP contribution is -2.31. The van der Waals surface area contributed by atoms with E-state index in [9.17, 15) is 4.79 Å². The summed E-state index contributed by atoms with van der Waals surface area (Å²) in [6, 6.07) is 7.29. The van der Waals surface area contributed by atoms with Crippen molar-refractivity contribution < 1.29 is 14.3 Å². The maximum Gasteiger partial charge on any atom is 0.277 e. The molecule has 0 radical (unpaired) electrons. The topological polar surface area (TPSA) is 59.9 Å². The molecule has 0 saturated heterocycles. The molecule has 0 spiro atoms. The van der Waals surface area contributed by atoms with Crippen molar-refractivity contribution in [1.29, 1.82) is 0 Å². The van der Waals surface area contributed by atoms with E-state index in [4.69, 9.17) is 9.47 Å². The van der Waals surface area contributed by atoms with E-state index in [1.807, 2.05) is 12.1 Å². The van der Waals surface area contributed by atoms with Crippen LogP contribution in [0.5, 0.6) is 11.5 Å². The SMILES string of the molecule is COc1ccccc1OCC(=O)N/N=C1/CC[C@H]2CCCC[C@H]2C1. The van der Waals surface area contributed by atoms with E-state index in [0.717, 1.165) is 30.4 Å². The molecule has 24 heavy (non-hydrogen) atoms. The Kier molecular flexibility index (Phi) is 5.72. The van der Waals surface area contributed by atoms with Gasteiger partial charge in [-0.25, -0.2) is 5.43 Å². The minimum absolute atomic E-state index is 0.0663. The molecule has 2 aliphatic rings. The minimum atomic E-state index is -0.237. The van der Waals surface area contributed by atoms with E-state index < -0.39 is 0 Å². The average Bonchev–Trinajstić information content (AvgIpc) is 2.64. The van der Waals surface area contributed by atoms with Crippen LogP contribution in [-0.4, -0.2) is 25.3 Å². The van der Waals surface area contributed by atoms with Crippen LogP contribution in [0, 0.1) is 11.8 Å². The van der Waals surface area contributed by atoms with Gasteiger partial charge in [-0.3, -0.25) is 4.79 Å². The number of nitrogens with zero attached hydrogens (tertiary/aromatic N) is 1. The molecule has 5 nitrogen and oxygen atoms in total. The van der Waals surface area contributed by atoms with Gasteiger partial charge in [-0.05, 0) is 49.7 Å². The standard InChI is InChI=1S/C19H26N2O3/c1-23-17-8-4-5-9-18(17)24-13-19(22)21-20-16-11-10-14-6-2-3-7-15(14)12-16/h4-5,8-9,14-15H,2-3,6-7,10-13H2,1H3,(H,21,22)/b20-16-/t14-,15+/m1/s1.